The van der Waals surface area contributed by atoms with E-state index in [-0.39, 0.29) is 4.90 Å². The van der Waals surface area contributed by atoms with E-state index in [2.05, 4.69) is 0 Å². The SMILES string of the molecule is CCOCCN(CC)S(=O)(=O)c1ccc(N)c(OC)c1. The number of hydrogen-bond acceptors (Lipinski definition) is 5. The second kappa shape index (κ2) is 7.47. The van der Waals surface area contributed by atoms with Crippen LogP contribution in [0.15, 0.2) is 23.1 Å². The van der Waals surface area contributed by atoms with Crippen LogP contribution in [0.25, 0.3) is 0 Å². The fourth-order valence-corrected chi connectivity index (χ4v) is 3.21. The van der Waals surface area contributed by atoms with Crippen LogP contribution in [0.2, 0.25) is 0 Å². The van der Waals surface area contributed by atoms with E-state index in [1.807, 2.05) is 6.92 Å². The molecule has 2 N–H and O–H groups in total. The second-order valence-corrected chi connectivity index (χ2v) is 6.04. The molecule has 20 heavy (non-hydrogen) atoms. The van der Waals surface area contributed by atoms with Gasteiger partial charge in [-0.25, -0.2) is 8.42 Å². The van der Waals surface area contributed by atoms with E-state index >= 15 is 0 Å². The molecular formula is C13H22N2O4S. The first-order valence-corrected chi connectivity index (χ1v) is 7.92. The van der Waals surface area contributed by atoms with Gasteiger partial charge in [0.25, 0.3) is 0 Å². The predicted octanol–water partition coefficient (Wildman–Crippen LogP) is 1.32. The van der Waals surface area contributed by atoms with Crippen molar-refractivity contribution in [1.29, 1.82) is 0 Å². The highest BCUT2D eigenvalue weighted by Crippen LogP contribution is 2.26. The first kappa shape index (κ1) is 16.7. The molecule has 0 unspecified atom stereocenters. The number of anilines is 1. The smallest absolute Gasteiger partial charge is 0.243 e. The Balaban J connectivity index is 3.01. The zero-order chi connectivity index (χ0) is 15.2. The van der Waals surface area contributed by atoms with Gasteiger partial charge in [0.15, 0.2) is 0 Å². The average molecular weight is 302 g/mol. The van der Waals surface area contributed by atoms with E-state index in [4.69, 9.17) is 15.2 Å². The molecule has 0 heterocycles. The van der Waals surface area contributed by atoms with E-state index in [0.29, 0.717) is 37.7 Å². The number of nitrogen functional groups attached to an aromatic ring is 1. The van der Waals surface area contributed by atoms with Gasteiger partial charge < -0.3 is 15.2 Å². The molecular weight excluding hydrogens is 280 g/mol. The van der Waals surface area contributed by atoms with Crippen molar-refractivity contribution in [1.82, 2.24) is 4.31 Å². The lowest BCUT2D eigenvalue weighted by molar-refractivity contribution is 0.135. The van der Waals surface area contributed by atoms with Crippen LogP contribution < -0.4 is 10.5 Å². The Morgan fingerprint density at radius 2 is 2.00 bits per heavy atom. The summed E-state index contributed by atoms with van der Waals surface area (Å²) in [5.41, 5.74) is 6.10. The van der Waals surface area contributed by atoms with Crippen LogP contribution in [0, 0.1) is 0 Å². The van der Waals surface area contributed by atoms with Crippen molar-refractivity contribution in [2.24, 2.45) is 0 Å². The second-order valence-electron chi connectivity index (χ2n) is 4.10. The molecule has 0 aliphatic heterocycles. The van der Waals surface area contributed by atoms with Gasteiger partial charge in [0.1, 0.15) is 5.75 Å². The number of ether oxygens (including phenoxy) is 2. The van der Waals surface area contributed by atoms with Gasteiger partial charge >= 0.3 is 0 Å². The van der Waals surface area contributed by atoms with E-state index < -0.39 is 10.0 Å². The molecule has 114 valence electrons. The molecule has 0 fully saturated rings. The number of benzene rings is 1. The third kappa shape index (κ3) is 3.84. The van der Waals surface area contributed by atoms with E-state index in [9.17, 15) is 8.42 Å². The summed E-state index contributed by atoms with van der Waals surface area (Å²) < 4.78 is 36.7. The number of nitrogens with two attached hydrogens (primary N) is 1. The Morgan fingerprint density at radius 1 is 1.30 bits per heavy atom. The molecule has 0 radical (unpaired) electrons. The van der Waals surface area contributed by atoms with Gasteiger partial charge in [0.05, 0.1) is 24.3 Å². The zero-order valence-corrected chi connectivity index (χ0v) is 12.9. The number of sulfonamides is 1. The van der Waals surface area contributed by atoms with Gasteiger partial charge in [-0.3, -0.25) is 0 Å². The molecule has 0 saturated heterocycles. The maximum atomic E-state index is 12.5. The van der Waals surface area contributed by atoms with E-state index in [1.165, 1.54) is 29.6 Å². The van der Waals surface area contributed by atoms with Crippen LogP contribution in [0.3, 0.4) is 0 Å². The number of nitrogens with zero attached hydrogens (tertiary/aromatic N) is 1. The van der Waals surface area contributed by atoms with Gasteiger partial charge in [0, 0.05) is 25.8 Å². The Kier molecular flexibility index (Phi) is 6.25. The van der Waals surface area contributed by atoms with Gasteiger partial charge in [-0.05, 0) is 19.1 Å². The van der Waals surface area contributed by atoms with Crippen LogP contribution in [0.4, 0.5) is 5.69 Å². The topological polar surface area (TPSA) is 81.9 Å². The largest absolute Gasteiger partial charge is 0.495 e. The summed E-state index contributed by atoms with van der Waals surface area (Å²) in [4.78, 5) is 0.168. The molecule has 0 saturated carbocycles. The van der Waals surface area contributed by atoms with Crippen LogP contribution >= 0.6 is 0 Å². The molecule has 1 aromatic carbocycles. The number of likely N-dealkylation sites (N-methyl/N-ethyl adjacent to an activating group) is 1. The number of rotatable bonds is 8. The summed E-state index contributed by atoms with van der Waals surface area (Å²) in [5, 5.41) is 0. The highest BCUT2D eigenvalue weighted by atomic mass is 32.2. The van der Waals surface area contributed by atoms with Crippen molar-refractivity contribution in [2.75, 3.05) is 39.1 Å². The summed E-state index contributed by atoms with van der Waals surface area (Å²) in [6.07, 6.45) is 0. The first-order valence-electron chi connectivity index (χ1n) is 6.48. The van der Waals surface area contributed by atoms with Crippen molar-refractivity contribution in [3.05, 3.63) is 18.2 Å². The Morgan fingerprint density at radius 3 is 2.55 bits per heavy atom. The van der Waals surface area contributed by atoms with Crippen LogP contribution in [-0.2, 0) is 14.8 Å². The third-order valence-corrected chi connectivity index (χ3v) is 4.85. The minimum absolute atomic E-state index is 0.168. The van der Waals surface area contributed by atoms with Gasteiger partial charge in [-0.2, -0.15) is 4.31 Å². The molecule has 0 spiro atoms. The van der Waals surface area contributed by atoms with Crippen LogP contribution in [0.1, 0.15) is 13.8 Å². The molecule has 0 bridgehead atoms. The van der Waals surface area contributed by atoms with Gasteiger partial charge in [0.2, 0.25) is 10.0 Å². The third-order valence-electron chi connectivity index (χ3n) is 2.88. The fraction of sp³-hybridized carbons (Fsp3) is 0.538. The van der Waals surface area contributed by atoms with Crippen molar-refractivity contribution >= 4 is 15.7 Å². The highest BCUT2D eigenvalue weighted by molar-refractivity contribution is 7.89. The van der Waals surface area contributed by atoms with Crippen LogP contribution in [0.5, 0.6) is 5.75 Å². The monoisotopic (exact) mass is 302 g/mol. The lowest BCUT2D eigenvalue weighted by Gasteiger charge is -2.20. The summed E-state index contributed by atoms with van der Waals surface area (Å²) >= 11 is 0. The molecule has 1 rings (SSSR count). The van der Waals surface area contributed by atoms with Crippen molar-refractivity contribution in [3.63, 3.8) is 0 Å². The minimum atomic E-state index is -3.56. The summed E-state index contributed by atoms with van der Waals surface area (Å²) in [6, 6.07) is 4.45. The summed E-state index contributed by atoms with van der Waals surface area (Å²) in [6.45, 7) is 5.29. The Bertz CT molecular complexity index is 531. The highest BCUT2D eigenvalue weighted by Gasteiger charge is 2.23. The fourth-order valence-electron chi connectivity index (χ4n) is 1.76. The summed E-state index contributed by atoms with van der Waals surface area (Å²) in [7, 11) is -2.11. The zero-order valence-electron chi connectivity index (χ0n) is 12.1. The standard InChI is InChI=1S/C13H22N2O4S/c1-4-15(8-9-19-5-2)20(16,17)11-6-7-12(14)13(10-11)18-3/h6-7,10H,4-5,8-9,14H2,1-3H3. The quantitative estimate of drug-likeness (QED) is 0.578. The molecule has 6 nitrogen and oxygen atoms in total. The molecule has 0 aliphatic carbocycles. The number of hydrogen-bond donors (Lipinski definition) is 1. The molecule has 1 aromatic rings. The lowest BCUT2D eigenvalue weighted by atomic mass is 10.3. The van der Waals surface area contributed by atoms with Crippen LogP contribution in [-0.4, -0.2) is 46.1 Å². The van der Waals surface area contributed by atoms with Crippen molar-refractivity contribution in [3.8, 4) is 5.75 Å². The maximum Gasteiger partial charge on any atom is 0.243 e. The van der Waals surface area contributed by atoms with Crippen molar-refractivity contribution in [2.45, 2.75) is 18.7 Å². The normalized spacial score (nSPS) is 11.8. The predicted molar refractivity (Wildman–Crippen MR) is 78.3 cm³/mol. The summed E-state index contributed by atoms with van der Waals surface area (Å²) in [5.74, 6) is 0.354. The lowest BCUT2D eigenvalue weighted by Crippen LogP contribution is -2.34. The maximum absolute atomic E-state index is 12.5. The first-order chi connectivity index (χ1) is 9.47. The number of methoxy groups -OCH3 is 1. The van der Waals surface area contributed by atoms with Gasteiger partial charge in [-0.15, -0.1) is 0 Å². The van der Waals surface area contributed by atoms with E-state index in [1.54, 1.807) is 6.92 Å². The van der Waals surface area contributed by atoms with Gasteiger partial charge in [-0.1, -0.05) is 6.92 Å². The molecule has 7 heteroatoms. The average Bonchev–Trinajstić information content (AvgIpc) is 2.43. The van der Waals surface area contributed by atoms with Crippen molar-refractivity contribution < 1.29 is 17.9 Å². The molecule has 0 atom stereocenters. The van der Waals surface area contributed by atoms with E-state index in [0.717, 1.165) is 0 Å². The molecule has 0 aliphatic rings. The molecule has 0 aromatic heterocycles. The Hall–Kier alpha value is -1.31. The minimum Gasteiger partial charge on any atom is -0.495 e. The Labute approximate surface area is 120 Å². The molecule has 0 amide bonds.